The molecular weight excluding hydrogens is 1710 g/mol. The van der Waals surface area contributed by atoms with Crippen molar-refractivity contribution in [3.05, 3.63) is 144 Å². The van der Waals surface area contributed by atoms with Gasteiger partial charge in [0.25, 0.3) is 0 Å². The average molecular weight is 1910 g/mol. The number of H-pyrrole nitrogens is 2. The van der Waals surface area contributed by atoms with Crippen molar-refractivity contribution >= 4 is 46.4 Å². The quantitative estimate of drug-likeness (QED) is 0.0369. The van der Waals surface area contributed by atoms with Gasteiger partial charge in [-0.25, -0.2) is 9.97 Å². The van der Waals surface area contributed by atoms with Crippen molar-refractivity contribution in [3.63, 3.8) is 0 Å². The summed E-state index contributed by atoms with van der Waals surface area (Å²) in [6, 6.07) is 44.1. The number of unbranched alkanes of at least 4 members (excludes halogenated alkanes) is 76. The van der Waals surface area contributed by atoms with Gasteiger partial charge in [-0.15, -0.1) is 0 Å². The van der Waals surface area contributed by atoms with Gasteiger partial charge in [-0.3, -0.25) is 0 Å². The molecule has 0 radical (unpaired) electrons. The number of nitrogens with zero attached hydrogens (tertiary/aromatic N) is 2. The monoisotopic (exact) mass is 1910 g/mol. The van der Waals surface area contributed by atoms with E-state index in [1.54, 1.807) is 0 Å². The van der Waals surface area contributed by atoms with Crippen LogP contribution in [0.4, 0.5) is 0 Å². The fourth-order valence-electron chi connectivity index (χ4n) is 21.5. The number of rotatable bonds is 92. The second kappa shape index (κ2) is 79.0. The first-order valence-corrected chi connectivity index (χ1v) is 60.6. The largest absolute Gasteiger partial charge is 0.494 e. The highest BCUT2D eigenvalue weighted by atomic mass is 16.5. The van der Waals surface area contributed by atoms with Crippen molar-refractivity contribution in [2.45, 2.75) is 541 Å². The fourth-order valence-corrected chi connectivity index (χ4v) is 21.5. The van der Waals surface area contributed by atoms with Crippen molar-refractivity contribution in [2.24, 2.45) is 0 Å². The van der Waals surface area contributed by atoms with E-state index < -0.39 is 0 Å². The van der Waals surface area contributed by atoms with E-state index in [2.05, 4.69) is 183 Å². The maximum Gasteiger partial charge on any atom is 0.119 e. The molecule has 140 heavy (non-hydrogen) atoms. The van der Waals surface area contributed by atoms with Gasteiger partial charge in [0.15, 0.2) is 0 Å². The van der Waals surface area contributed by atoms with Crippen LogP contribution in [-0.2, 0) is 0 Å². The van der Waals surface area contributed by atoms with E-state index in [0.717, 1.165) is 164 Å². The van der Waals surface area contributed by atoms with E-state index in [4.69, 9.17) is 28.9 Å². The molecule has 3 aromatic heterocycles. The van der Waals surface area contributed by atoms with Crippen molar-refractivity contribution in [3.8, 4) is 67.5 Å². The lowest BCUT2D eigenvalue weighted by Crippen LogP contribution is -1.97. The van der Waals surface area contributed by atoms with E-state index >= 15 is 0 Å². The summed E-state index contributed by atoms with van der Waals surface area (Å²) in [5.74, 6) is 3.59. The third-order valence-electron chi connectivity index (χ3n) is 30.4. The Bertz CT molecular complexity index is 3840. The Balaban J connectivity index is 0.875. The molecule has 0 atom stereocenters. The number of nitrogens with one attached hydrogen (secondary N) is 2. The molecule has 8 nitrogen and oxygen atoms in total. The molecule has 9 rings (SSSR count). The minimum absolute atomic E-state index is 0.720. The SMILES string of the molecule is CCCCCCCCCCCCCCCCCCCCCCOc1ccc(-c2c3nc(c(-c4ccc(OCCCCCCCCCCCCCCCCCCCCCC)cc4)c4ccc([nH]4)c(-c4ccc(OCCCCCCCCCCCCCCCCCCCCCC)cc4)c4nc(c(-c5ccc(OCCCCCCCCCCCCCCCCCCCCCC)cc5)c5ccc2[nH]5)C=C4)C=C3)cc1. The second-order valence-electron chi connectivity index (χ2n) is 42.9. The fraction of sp³-hybridized carbons (Fsp3) is 0.667. The number of fused-ring (bicyclic) bond motifs is 8. The zero-order chi connectivity index (χ0) is 97.6. The third-order valence-corrected chi connectivity index (χ3v) is 30.4. The Morgan fingerprint density at radius 1 is 0.150 bits per heavy atom. The van der Waals surface area contributed by atoms with Gasteiger partial charge in [0.05, 0.1) is 49.2 Å². The summed E-state index contributed by atoms with van der Waals surface area (Å²) in [6.07, 6.45) is 119. The maximum atomic E-state index is 6.55. The summed E-state index contributed by atoms with van der Waals surface area (Å²) < 4.78 is 26.2. The summed E-state index contributed by atoms with van der Waals surface area (Å²) in [5, 5.41) is 0. The first kappa shape index (κ1) is 116. The number of hydrogen-bond donors (Lipinski definition) is 2. The van der Waals surface area contributed by atoms with Gasteiger partial charge in [-0.05, 0) is 145 Å². The van der Waals surface area contributed by atoms with Crippen LogP contribution < -0.4 is 18.9 Å². The Morgan fingerprint density at radius 3 is 0.400 bits per heavy atom. The lowest BCUT2D eigenvalue weighted by atomic mass is 10.0. The molecule has 2 N–H and O–H groups in total. The Kier molecular flexibility index (Phi) is 65.6. The molecular formula is C132H206N4O4. The van der Waals surface area contributed by atoms with Crippen LogP contribution in [-0.4, -0.2) is 46.4 Å². The van der Waals surface area contributed by atoms with E-state index in [-0.39, 0.29) is 0 Å². The molecule has 5 heterocycles. The molecule has 778 valence electrons. The predicted octanol–water partition coefficient (Wildman–Crippen LogP) is 44.1. The summed E-state index contributed by atoms with van der Waals surface area (Å²) in [4.78, 5) is 19.6. The predicted molar refractivity (Wildman–Crippen MR) is 615 cm³/mol. The topological polar surface area (TPSA) is 94.3 Å². The van der Waals surface area contributed by atoms with Crippen molar-refractivity contribution in [1.29, 1.82) is 0 Å². The first-order valence-electron chi connectivity index (χ1n) is 60.6. The highest BCUT2D eigenvalue weighted by Crippen LogP contribution is 2.41. The van der Waals surface area contributed by atoms with Crippen molar-refractivity contribution < 1.29 is 18.9 Å². The van der Waals surface area contributed by atoms with Crippen molar-refractivity contribution in [1.82, 2.24) is 19.9 Å². The number of ether oxygens (including phenoxy) is 4. The normalized spacial score (nSPS) is 11.9. The van der Waals surface area contributed by atoms with Crippen LogP contribution >= 0.6 is 0 Å². The van der Waals surface area contributed by atoms with Crippen LogP contribution in [0.2, 0.25) is 0 Å². The van der Waals surface area contributed by atoms with Crippen LogP contribution in [0.1, 0.15) is 564 Å². The summed E-state index contributed by atoms with van der Waals surface area (Å²) in [6.45, 7) is 12.1. The molecule has 2 aliphatic rings. The second-order valence-corrected chi connectivity index (χ2v) is 42.9. The van der Waals surface area contributed by atoms with Gasteiger partial charge in [0.1, 0.15) is 23.0 Å². The van der Waals surface area contributed by atoms with Crippen LogP contribution in [0.5, 0.6) is 23.0 Å². The lowest BCUT2D eigenvalue weighted by Gasteiger charge is -2.10. The molecule has 8 heteroatoms. The van der Waals surface area contributed by atoms with Gasteiger partial charge in [0.2, 0.25) is 0 Å². The highest BCUT2D eigenvalue weighted by Gasteiger charge is 2.21. The number of hydrogen-bond acceptors (Lipinski definition) is 6. The Labute approximate surface area is 859 Å². The Morgan fingerprint density at radius 2 is 0.271 bits per heavy atom. The molecule has 0 unspecified atom stereocenters. The van der Waals surface area contributed by atoms with E-state index in [0.29, 0.717) is 0 Å². The zero-order valence-corrected chi connectivity index (χ0v) is 90.8. The van der Waals surface area contributed by atoms with Gasteiger partial charge in [-0.1, -0.05) is 564 Å². The molecule has 0 saturated heterocycles. The van der Waals surface area contributed by atoms with Crippen LogP contribution in [0.3, 0.4) is 0 Å². The van der Waals surface area contributed by atoms with Gasteiger partial charge in [0, 0.05) is 44.3 Å². The summed E-state index contributed by atoms with van der Waals surface area (Å²) in [5.41, 5.74) is 15.7. The molecule has 0 fully saturated rings. The number of benzene rings is 4. The molecule has 7 aromatic rings. The molecule has 0 aliphatic carbocycles. The van der Waals surface area contributed by atoms with E-state index in [1.165, 1.54) is 488 Å². The van der Waals surface area contributed by atoms with E-state index in [1.807, 2.05) is 0 Å². The maximum absolute atomic E-state index is 6.55. The number of aromatic amines is 2. The van der Waals surface area contributed by atoms with Gasteiger partial charge < -0.3 is 28.9 Å². The van der Waals surface area contributed by atoms with Crippen LogP contribution in [0.25, 0.3) is 90.9 Å². The minimum Gasteiger partial charge on any atom is -0.494 e. The van der Waals surface area contributed by atoms with E-state index in [9.17, 15) is 0 Å². The standard InChI is InChI=1S/C132H206N4O4/c1-5-9-13-17-21-25-29-33-37-41-45-49-53-57-61-65-69-73-77-81-109-137-117-93-85-113(86-94-117)129-121-101-103-123(133-121)130(114-87-95-118(96-88-114)138-110-82-78-74-70-66-62-58-54-50-46-42-38-34-30-26-22-18-14-10-6-2)125-105-107-127(135-125)132(116-91-99-120(100-92-116)140-112-84-80-76-72-68-64-60-56-52-48-44-40-36-32-28-24-20-16-12-8-4)128-108-106-126(136-128)131(124-104-102-122(129)134-124)115-89-97-119(98-90-115)139-111-83-79-75-71-67-63-59-55-51-47-43-39-35-31-27-23-19-15-11-7-3/h85-108,133,136H,5-84,109-112H2,1-4H3. The minimum atomic E-state index is 0.720. The average Bonchev–Trinajstić information content (AvgIpc) is 1.61. The first-order chi connectivity index (χ1) is 69.5. The third kappa shape index (κ3) is 50.5. The molecule has 0 spiro atoms. The highest BCUT2D eigenvalue weighted by molar-refractivity contribution is 6.00. The molecule has 2 aliphatic heterocycles. The number of aromatic nitrogens is 4. The zero-order valence-electron chi connectivity index (χ0n) is 90.8. The summed E-state index contributed by atoms with van der Waals surface area (Å²) >= 11 is 0. The lowest BCUT2D eigenvalue weighted by molar-refractivity contribution is 0.304. The molecule has 4 aromatic carbocycles. The smallest absolute Gasteiger partial charge is 0.119 e. The van der Waals surface area contributed by atoms with Crippen LogP contribution in [0.15, 0.2) is 121 Å². The van der Waals surface area contributed by atoms with Gasteiger partial charge >= 0.3 is 0 Å². The van der Waals surface area contributed by atoms with Gasteiger partial charge in [-0.2, -0.15) is 0 Å². The molecule has 8 bridgehead atoms. The Hall–Kier alpha value is -7.32. The molecule has 0 amide bonds. The summed E-state index contributed by atoms with van der Waals surface area (Å²) in [7, 11) is 0. The van der Waals surface area contributed by atoms with Crippen molar-refractivity contribution in [2.75, 3.05) is 26.4 Å². The molecule has 0 saturated carbocycles. The van der Waals surface area contributed by atoms with Crippen LogP contribution in [0, 0.1) is 0 Å².